The van der Waals surface area contributed by atoms with Crippen molar-refractivity contribution in [2.24, 2.45) is 0 Å². The van der Waals surface area contributed by atoms with E-state index in [1.54, 1.807) is 0 Å². The highest BCUT2D eigenvalue weighted by molar-refractivity contribution is 5.79. The van der Waals surface area contributed by atoms with E-state index in [0.717, 1.165) is 43.5 Å². The van der Waals surface area contributed by atoms with Gasteiger partial charge in [0.25, 0.3) is 0 Å². The number of carbonyl (C=O) groups is 1. The van der Waals surface area contributed by atoms with Gasteiger partial charge in [-0.25, -0.2) is 4.39 Å². The molecule has 28 heavy (non-hydrogen) atoms. The van der Waals surface area contributed by atoms with Crippen molar-refractivity contribution in [3.63, 3.8) is 0 Å². The fraction of sp³-hybridized carbons (Fsp3) is 0.458. The number of hydrogen-bond acceptors (Lipinski definition) is 2. The first kappa shape index (κ1) is 20.5. The van der Waals surface area contributed by atoms with Crippen LogP contribution in [0.4, 0.5) is 4.39 Å². The van der Waals surface area contributed by atoms with Crippen LogP contribution in [0.25, 0.3) is 0 Å². The summed E-state index contributed by atoms with van der Waals surface area (Å²) in [5.41, 5.74) is 3.42. The van der Waals surface area contributed by atoms with Gasteiger partial charge in [-0.05, 0) is 67.1 Å². The smallest absolute Gasteiger partial charge is 0.227 e. The lowest BCUT2D eigenvalue weighted by Crippen LogP contribution is -2.47. The Morgan fingerprint density at radius 3 is 2.25 bits per heavy atom. The van der Waals surface area contributed by atoms with Gasteiger partial charge in [0.2, 0.25) is 5.91 Å². The molecule has 1 N–H and O–H groups in total. The second-order valence-electron chi connectivity index (χ2n) is 8.02. The zero-order valence-electron chi connectivity index (χ0n) is 17.0. The fourth-order valence-electron chi connectivity index (χ4n) is 3.83. The third kappa shape index (κ3) is 5.65. The SMILES string of the molecule is CC(C)c1ccc(CC(=O)N(CCc2ccc(F)cc2)C2CCNCC2)cc1. The first-order valence-corrected chi connectivity index (χ1v) is 10.4. The van der Waals surface area contributed by atoms with Crippen LogP contribution in [0.15, 0.2) is 48.5 Å². The Hall–Kier alpha value is -2.20. The summed E-state index contributed by atoms with van der Waals surface area (Å²) in [6.45, 7) is 6.93. The van der Waals surface area contributed by atoms with E-state index in [1.165, 1.54) is 17.7 Å². The summed E-state index contributed by atoms with van der Waals surface area (Å²) in [7, 11) is 0. The second kappa shape index (κ2) is 9.83. The minimum Gasteiger partial charge on any atom is -0.339 e. The molecule has 1 amide bonds. The minimum absolute atomic E-state index is 0.186. The van der Waals surface area contributed by atoms with Gasteiger partial charge in [0.05, 0.1) is 6.42 Å². The highest BCUT2D eigenvalue weighted by Crippen LogP contribution is 2.18. The molecule has 0 spiro atoms. The van der Waals surface area contributed by atoms with Crippen LogP contribution >= 0.6 is 0 Å². The van der Waals surface area contributed by atoms with E-state index < -0.39 is 0 Å². The van der Waals surface area contributed by atoms with E-state index in [9.17, 15) is 9.18 Å². The molecule has 0 radical (unpaired) electrons. The Bertz CT molecular complexity index is 749. The van der Waals surface area contributed by atoms with E-state index >= 15 is 0 Å². The van der Waals surface area contributed by atoms with Crippen LogP contribution in [0.5, 0.6) is 0 Å². The number of halogens is 1. The van der Waals surface area contributed by atoms with Crippen molar-refractivity contribution in [3.05, 3.63) is 71.0 Å². The number of hydrogen-bond donors (Lipinski definition) is 1. The summed E-state index contributed by atoms with van der Waals surface area (Å²) in [5, 5.41) is 3.38. The topological polar surface area (TPSA) is 32.3 Å². The predicted molar refractivity (Wildman–Crippen MR) is 112 cm³/mol. The van der Waals surface area contributed by atoms with Crippen molar-refractivity contribution < 1.29 is 9.18 Å². The zero-order valence-corrected chi connectivity index (χ0v) is 17.0. The normalized spacial score (nSPS) is 15.0. The van der Waals surface area contributed by atoms with Gasteiger partial charge in [0, 0.05) is 12.6 Å². The Labute approximate surface area is 167 Å². The maximum Gasteiger partial charge on any atom is 0.227 e. The molecule has 150 valence electrons. The molecule has 0 aliphatic carbocycles. The van der Waals surface area contributed by atoms with Crippen LogP contribution in [0.3, 0.4) is 0 Å². The first-order chi connectivity index (χ1) is 13.5. The van der Waals surface area contributed by atoms with Crippen LogP contribution in [-0.2, 0) is 17.6 Å². The predicted octanol–water partition coefficient (Wildman–Crippen LogP) is 4.31. The first-order valence-electron chi connectivity index (χ1n) is 10.4. The van der Waals surface area contributed by atoms with Crippen LogP contribution in [0, 0.1) is 5.82 Å². The number of benzene rings is 2. The second-order valence-corrected chi connectivity index (χ2v) is 8.02. The molecule has 1 aliphatic heterocycles. The number of nitrogens with one attached hydrogen (secondary N) is 1. The van der Waals surface area contributed by atoms with E-state index in [0.29, 0.717) is 18.9 Å². The molecule has 1 aliphatic rings. The Balaban J connectivity index is 1.67. The zero-order chi connectivity index (χ0) is 19.9. The summed E-state index contributed by atoms with van der Waals surface area (Å²) in [6, 6.07) is 15.3. The minimum atomic E-state index is -0.222. The highest BCUT2D eigenvalue weighted by atomic mass is 19.1. The highest BCUT2D eigenvalue weighted by Gasteiger charge is 2.25. The summed E-state index contributed by atoms with van der Waals surface area (Å²) >= 11 is 0. The van der Waals surface area contributed by atoms with Crippen LogP contribution in [0.2, 0.25) is 0 Å². The number of nitrogens with zero attached hydrogens (tertiary/aromatic N) is 1. The Kier molecular flexibility index (Phi) is 7.21. The average molecular weight is 383 g/mol. The van der Waals surface area contributed by atoms with Gasteiger partial charge in [-0.15, -0.1) is 0 Å². The molecule has 0 saturated carbocycles. The molecule has 3 nitrogen and oxygen atoms in total. The molecule has 1 saturated heterocycles. The standard InChI is InChI=1S/C24H31FN2O/c1-18(2)21-7-3-20(4-8-21)17-24(28)27(23-11-14-26-15-12-23)16-13-19-5-9-22(25)10-6-19/h3-10,18,23,26H,11-17H2,1-2H3. The summed E-state index contributed by atoms with van der Waals surface area (Å²) in [6.07, 6.45) is 3.16. The molecular weight excluding hydrogens is 351 g/mol. The molecule has 4 heteroatoms. The maximum absolute atomic E-state index is 13.2. The average Bonchev–Trinajstić information content (AvgIpc) is 2.71. The third-order valence-electron chi connectivity index (χ3n) is 5.63. The lowest BCUT2D eigenvalue weighted by Gasteiger charge is -2.35. The van der Waals surface area contributed by atoms with Crippen molar-refractivity contribution in [2.75, 3.05) is 19.6 Å². The molecule has 0 atom stereocenters. The van der Waals surface area contributed by atoms with Gasteiger partial charge >= 0.3 is 0 Å². The van der Waals surface area contributed by atoms with E-state index in [4.69, 9.17) is 0 Å². The van der Waals surface area contributed by atoms with E-state index in [-0.39, 0.29) is 17.8 Å². The van der Waals surface area contributed by atoms with Crippen molar-refractivity contribution in [3.8, 4) is 0 Å². The summed E-state index contributed by atoms with van der Waals surface area (Å²) in [4.78, 5) is 15.2. The van der Waals surface area contributed by atoms with Crippen LogP contribution in [-0.4, -0.2) is 36.5 Å². The van der Waals surface area contributed by atoms with Crippen LogP contribution < -0.4 is 5.32 Å². The number of rotatable bonds is 7. The molecular formula is C24H31FN2O. The summed E-state index contributed by atoms with van der Waals surface area (Å²) in [5.74, 6) is 0.456. The lowest BCUT2D eigenvalue weighted by molar-refractivity contribution is -0.133. The lowest BCUT2D eigenvalue weighted by atomic mass is 9.99. The van der Waals surface area contributed by atoms with Crippen LogP contribution in [0.1, 0.15) is 49.3 Å². The largest absolute Gasteiger partial charge is 0.339 e. The Morgan fingerprint density at radius 2 is 1.64 bits per heavy atom. The van der Waals surface area contributed by atoms with Gasteiger partial charge in [0.1, 0.15) is 5.82 Å². The fourth-order valence-corrected chi connectivity index (χ4v) is 3.83. The van der Waals surface area contributed by atoms with Gasteiger partial charge < -0.3 is 10.2 Å². The van der Waals surface area contributed by atoms with Gasteiger partial charge in [-0.2, -0.15) is 0 Å². The third-order valence-corrected chi connectivity index (χ3v) is 5.63. The monoisotopic (exact) mass is 382 g/mol. The molecule has 1 fully saturated rings. The molecule has 3 rings (SSSR count). The van der Waals surface area contributed by atoms with Crippen molar-refractivity contribution >= 4 is 5.91 Å². The molecule has 0 aromatic heterocycles. The number of amides is 1. The molecule has 2 aromatic rings. The van der Waals surface area contributed by atoms with E-state index in [2.05, 4.69) is 48.3 Å². The number of carbonyl (C=O) groups excluding carboxylic acids is 1. The van der Waals surface area contributed by atoms with Gasteiger partial charge in [0.15, 0.2) is 0 Å². The maximum atomic E-state index is 13.2. The Morgan fingerprint density at radius 1 is 1.04 bits per heavy atom. The van der Waals surface area contributed by atoms with E-state index in [1.807, 2.05) is 12.1 Å². The van der Waals surface area contributed by atoms with Gasteiger partial charge in [-0.1, -0.05) is 50.2 Å². The quantitative estimate of drug-likeness (QED) is 0.774. The number of piperidine rings is 1. The van der Waals surface area contributed by atoms with Crippen molar-refractivity contribution in [1.29, 1.82) is 0 Å². The van der Waals surface area contributed by atoms with Crippen molar-refractivity contribution in [2.45, 2.75) is 51.5 Å². The van der Waals surface area contributed by atoms with Gasteiger partial charge in [-0.3, -0.25) is 4.79 Å². The molecule has 1 heterocycles. The summed E-state index contributed by atoms with van der Waals surface area (Å²) < 4.78 is 13.2. The molecule has 0 bridgehead atoms. The van der Waals surface area contributed by atoms with Crippen molar-refractivity contribution in [1.82, 2.24) is 10.2 Å². The molecule has 0 unspecified atom stereocenters. The molecule has 2 aromatic carbocycles.